The lowest BCUT2D eigenvalue weighted by molar-refractivity contribution is -0.143. The Morgan fingerprint density at radius 1 is 0.912 bits per heavy atom. The van der Waals surface area contributed by atoms with Crippen LogP contribution in [-0.2, 0) is 22.6 Å². The normalized spacial score (nSPS) is 11.7. The van der Waals surface area contributed by atoms with Gasteiger partial charge in [0, 0.05) is 19.0 Å². The molecule has 0 aliphatic heterocycles. The number of hydrogen-bond acceptors (Lipinski definition) is 3. The van der Waals surface area contributed by atoms with Gasteiger partial charge in [-0.05, 0) is 56.2 Å². The predicted octanol–water partition coefficient (Wildman–Crippen LogP) is 4.68. The summed E-state index contributed by atoms with van der Waals surface area (Å²) in [5.74, 6) is -0.546. The number of nitrogens with one attached hydrogen (secondary N) is 1. The third kappa shape index (κ3) is 7.44. The molecule has 0 heterocycles. The number of carbonyl (C=O) groups excluding carboxylic acids is 2. The standard InChI is InChI=1S/C28H31FN2O3/c1-20(2)30-28(33)26(17-22-7-5-4-6-8-22)31(18-23-11-9-21(3)10-12-23)27(32)19-34-25-15-13-24(29)14-16-25/h4-16,20,26H,17-19H2,1-3H3,(H,30,33)/t26-/m1/s1. The minimum Gasteiger partial charge on any atom is -0.484 e. The topological polar surface area (TPSA) is 58.6 Å². The van der Waals surface area contributed by atoms with E-state index >= 15 is 0 Å². The van der Waals surface area contributed by atoms with E-state index in [2.05, 4.69) is 5.32 Å². The first kappa shape index (κ1) is 25.0. The molecule has 0 bridgehead atoms. The van der Waals surface area contributed by atoms with E-state index < -0.39 is 6.04 Å². The van der Waals surface area contributed by atoms with Crippen LogP contribution < -0.4 is 10.1 Å². The average molecular weight is 463 g/mol. The van der Waals surface area contributed by atoms with Crippen molar-refractivity contribution in [2.24, 2.45) is 0 Å². The highest BCUT2D eigenvalue weighted by molar-refractivity contribution is 5.88. The van der Waals surface area contributed by atoms with E-state index in [0.717, 1.165) is 16.7 Å². The molecule has 0 aliphatic rings. The molecule has 34 heavy (non-hydrogen) atoms. The van der Waals surface area contributed by atoms with Gasteiger partial charge in [-0.1, -0.05) is 60.2 Å². The Hall–Kier alpha value is -3.67. The van der Waals surface area contributed by atoms with Crippen molar-refractivity contribution in [3.8, 4) is 5.75 Å². The molecule has 0 aromatic heterocycles. The lowest BCUT2D eigenvalue weighted by Gasteiger charge is -2.32. The Morgan fingerprint density at radius 3 is 2.18 bits per heavy atom. The summed E-state index contributed by atoms with van der Waals surface area (Å²) < 4.78 is 18.8. The Bertz CT molecular complexity index is 1070. The van der Waals surface area contributed by atoms with Gasteiger partial charge in [0.1, 0.15) is 17.6 Å². The molecule has 0 saturated carbocycles. The summed E-state index contributed by atoms with van der Waals surface area (Å²) in [5.41, 5.74) is 2.98. The molecule has 0 saturated heterocycles. The minimum absolute atomic E-state index is 0.0717. The third-order valence-electron chi connectivity index (χ3n) is 5.35. The largest absolute Gasteiger partial charge is 0.484 e. The first-order valence-corrected chi connectivity index (χ1v) is 11.4. The lowest BCUT2D eigenvalue weighted by Crippen LogP contribution is -2.52. The second-order valence-electron chi connectivity index (χ2n) is 8.62. The zero-order valence-electron chi connectivity index (χ0n) is 19.8. The van der Waals surface area contributed by atoms with Crippen molar-refractivity contribution in [1.29, 1.82) is 0 Å². The molecular weight excluding hydrogens is 431 g/mol. The van der Waals surface area contributed by atoms with E-state index in [1.807, 2.05) is 75.4 Å². The van der Waals surface area contributed by atoms with Crippen molar-refractivity contribution in [2.45, 2.75) is 45.8 Å². The Balaban J connectivity index is 1.89. The zero-order valence-corrected chi connectivity index (χ0v) is 19.8. The van der Waals surface area contributed by atoms with Crippen LogP contribution in [0.1, 0.15) is 30.5 Å². The summed E-state index contributed by atoms with van der Waals surface area (Å²) in [6, 6.07) is 22.2. The van der Waals surface area contributed by atoms with E-state index in [1.165, 1.54) is 24.3 Å². The number of rotatable bonds is 10. The van der Waals surface area contributed by atoms with Crippen LogP contribution in [0.25, 0.3) is 0 Å². The summed E-state index contributed by atoms with van der Waals surface area (Å²) in [7, 11) is 0. The summed E-state index contributed by atoms with van der Waals surface area (Å²) in [4.78, 5) is 28.3. The average Bonchev–Trinajstić information content (AvgIpc) is 2.82. The van der Waals surface area contributed by atoms with Gasteiger partial charge in [0.05, 0.1) is 0 Å². The number of aryl methyl sites for hydroxylation is 1. The molecule has 1 N–H and O–H groups in total. The molecule has 2 amide bonds. The van der Waals surface area contributed by atoms with Gasteiger partial charge in [0.15, 0.2) is 6.61 Å². The Labute approximate surface area is 200 Å². The minimum atomic E-state index is -0.726. The summed E-state index contributed by atoms with van der Waals surface area (Å²) >= 11 is 0. The maximum Gasteiger partial charge on any atom is 0.261 e. The van der Waals surface area contributed by atoms with Gasteiger partial charge in [0.25, 0.3) is 5.91 Å². The monoisotopic (exact) mass is 462 g/mol. The van der Waals surface area contributed by atoms with Crippen molar-refractivity contribution in [1.82, 2.24) is 10.2 Å². The number of ether oxygens (including phenoxy) is 1. The van der Waals surface area contributed by atoms with Crippen molar-refractivity contribution >= 4 is 11.8 Å². The molecule has 6 heteroatoms. The molecule has 5 nitrogen and oxygen atoms in total. The Morgan fingerprint density at radius 2 is 1.56 bits per heavy atom. The molecule has 3 rings (SSSR count). The van der Waals surface area contributed by atoms with Crippen molar-refractivity contribution in [3.63, 3.8) is 0 Å². The summed E-state index contributed by atoms with van der Waals surface area (Å²) in [6.45, 7) is 5.77. The number of benzene rings is 3. The summed E-state index contributed by atoms with van der Waals surface area (Å²) in [5, 5.41) is 2.96. The number of nitrogens with zero attached hydrogens (tertiary/aromatic N) is 1. The maximum absolute atomic E-state index is 13.4. The van der Waals surface area contributed by atoms with Crippen LogP contribution in [-0.4, -0.2) is 35.4 Å². The predicted molar refractivity (Wildman–Crippen MR) is 131 cm³/mol. The molecule has 3 aromatic carbocycles. The smallest absolute Gasteiger partial charge is 0.261 e. The van der Waals surface area contributed by atoms with Crippen LogP contribution >= 0.6 is 0 Å². The first-order chi connectivity index (χ1) is 16.3. The number of hydrogen-bond donors (Lipinski definition) is 1. The van der Waals surface area contributed by atoms with Crippen LogP contribution in [0.2, 0.25) is 0 Å². The molecule has 178 valence electrons. The molecule has 0 fully saturated rings. The lowest BCUT2D eigenvalue weighted by atomic mass is 10.0. The van der Waals surface area contributed by atoms with Gasteiger partial charge in [-0.2, -0.15) is 0 Å². The Kier molecular flexibility index (Phi) is 8.79. The maximum atomic E-state index is 13.4. The number of carbonyl (C=O) groups is 2. The molecular formula is C28H31FN2O3. The number of halogens is 1. The number of amides is 2. The van der Waals surface area contributed by atoms with Gasteiger partial charge in [-0.25, -0.2) is 4.39 Å². The highest BCUT2D eigenvalue weighted by atomic mass is 19.1. The molecule has 0 unspecified atom stereocenters. The molecule has 0 aliphatic carbocycles. The quantitative estimate of drug-likeness (QED) is 0.476. The van der Waals surface area contributed by atoms with E-state index in [1.54, 1.807) is 4.90 Å². The third-order valence-corrected chi connectivity index (χ3v) is 5.35. The molecule has 3 aromatic rings. The van der Waals surface area contributed by atoms with Crippen LogP contribution in [0.4, 0.5) is 4.39 Å². The van der Waals surface area contributed by atoms with Crippen molar-refractivity contribution in [2.75, 3.05) is 6.61 Å². The van der Waals surface area contributed by atoms with Gasteiger partial charge >= 0.3 is 0 Å². The van der Waals surface area contributed by atoms with Crippen LogP contribution in [0.3, 0.4) is 0 Å². The van der Waals surface area contributed by atoms with Gasteiger partial charge in [-0.3, -0.25) is 9.59 Å². The molecule has 0 spiro atoms. The second kappa shape index (κ2) is 12.0. The fourth-order valence-corrected chi connectivity index (χ4v) is 3.58. The van der Waals surface area contributed by atoms with Gasteiger partial charge in [0.2, 0.25) is 5.91 Å². The van der Waals surface area contributed by atoms with E-state index in [9.17, 15) is 14.0 Å². The van der Waals surface area contributed by atoms with Crippen LogP contribution in [0.15, 0.2) is 78.9 Å². The van der Waals surface area contributed by atoms with Gasteiger partial charge < -0.3 is 15.0 Å². The van der Waals surface area contributed by atoms with E-state index in [-0.39, 0.29) is 36.8 Å². The molecule has 0 radical (unpaired) electrons. The fraction of sp³-hybridized carbons (Fsp3) is 0.286. The van der Waals surface area contributed by atoms with Crippen molar-refractivity contribution in [3.05, 3.63) is 101 Å². The van der Waals surface area contributed by atoms with E-state index in [4.69, 9.17) is 4.74 Å². The molecule has 1 atom stereocenters. The summed E-state index contributed by atoms with van der Waals surface area (Å²) in [6.07, 6.45) is 0.369. The zero-order chi connectivity index (χ0) is 24.5. The first-order valence-electron chi connectivity index (χ1n) is 11.4. The second-order valence-corrected chi connectivity index (χ2v) is 8.62. The SMILES string of the molecule is Cc1ccc(CN(C(=O)COc2ccc(F)cc2)[C@H](Cc2ccccc2)C(=O)NC(C)C)cc1. The highest BCUT2D eigenvalue weighted by Gasteiger charge is 2.31. The van der Waals surface area contributed by atoms with Gasteiger partial charge in [-0.15, -0.1) is 0 Å². The van der Waals surface area contributed by atoms with Crippen LogP contribution in [0.5, 0.6) is 5.75 Å². The highest BCUT2D eigenvalue weighted by Crippen LogP contribution is 2.17. The van der Waals surface area contributed by atoms with Crippen LogP contribution in [0, 0.1) is 12.7 Å². The van der Waals surface area contributed by atoms with E-state index in [0.29, 0.717) is 12.2 Å². The fourth-order valence-electron chi connectivity index (χ4n) is 3.58. The van der Waals surface area contributed by atoms with Crippen molar-refractivity contribution < 1.29 is 18.7 Å².